The van der Waals surface area contributed by atoms with E-state index in [1.807, 2.05) is 24.3 Å². The van der Waals surface area contributed by atoms with Crippen LogP contribution in [-0.2, 0) is 16.6 Å². The second-order valence-corrected chi connectivity index (χ2v) is 6.99. The standard InChI is InChI=1S/C12H10BrNO2S/c1-14-7-9-4-2-3-8-5-6-10(13)12(11(8)9)17(14,15)16/h2-6H,7H2,1H3. The third-order valence-corrected chi connectivity index (χ3v) is 5.91. The second kappa shape index (κ2) is 3.54. The highest BCUT2D eigenvalue weighted by Gasteiger charge is 2.31. The molecule has 1 heterocycles. The fraction of sp³-hybridized carbons (Fsp3) is 0.167. The van der Waals surface area contributed by atoms with Crippen LogP contribution in [0.3, 0.4) is 0 Å². The molecule has 0 aliphatic carbocycles. The average molecular weight is 312 g/mol. The van der Waals surface area contributed by atoms with E-state index in [2.05, 4.69) is 15.9 Å². The van der Waals surface area contributed by atoms with Crippen molar-refractivity contribution in [1.82, 2.24) is 4.31 Å². The van der Waals surface area contributed by atoms with E-state index in [0.29, 0.717) is 15.9 Å². The molecule has 3 nitrogen and oxygen atoms in total. The number of sulfonamides is 1. The summed E-state index contributed by atoms with van der Waals surface area (Å²) < 4.78 is 26.6. The lowest BCUT2D eigenvalue weighted by atomic mass is 10.0. The average Bonchev–Trinajstić information content (AvgIpc) is 2.28. The minimum absolute atomic E-state index is 0.388. The minimum atomic E-state index is -3.37. The van der Waals surface area contributed by atoms with Crippen molar-refractivity contribution < 1.29 is 8.42 Å². The van der Waals surface area contributed by atoms with Gasteiger partial charge in [0.25, 0.3) is 0 Å². The molecule has 0 unspecified atom stereocenters. The molecule has 0 saturated heterocycles. The highest BCUT2D eigenvalue weighted by Crippen LogP contribution is 2.38. The molecular weight excluding hydrogens is 302 g/mol. The van der Waals surface area contributed by atoms with Gasteiger partial charge in [-0.05, 0) is 32.9 Å². The predicted octanol–water partition coefficient (Wildman–Crippen LogP) is 2.74. The quantitative estimate of drug-likeness (QED) is 0.750. The van der Waals surface area contributed by atoms with Gasteiger partial charge in [0, 0.05) is 23.5 Å². The number of rotatable bonds is 0. The van der Waals surface area contributed by atoms with Crippen LogP contribution in [-0.4, -0.2) is 19.8 Å². The molecule has 0 fully saturated rings. The highest BCUT2D eigenvalue weighted by atomic mass is 79.9. The Bertz CT molecular complexity index is 725. The van der Waals surface area contributed by atoms with Crippen molar-refractivity contribution in [2.45, 2.75) is 11.4 Å². The zero-order valence-corrected chi connectivity index (χ0v) is 11.5. The Morgan fingerprint density at radius 3 is 2.76 bits per heavy atom. The van der Waals surface area contributed by atoms with Crippen LogP contribution in [0.25, 0.3) is 10.8 Å². The lowest BCUT2D eigenvalue weighted by Crippen LogP contribution is -2.30. The van der Waals surface area contributed by atoms with Crippen LogP contribution in [0.15, 0.2) is 39.7 Å². The second-order valence-electron chi connectivity index (χ2n) is 4.15. The molecule has 88 valence electrons. The Balaban J connectivity index is 2.59. The van der Waals surface area contributed by atoms with Gasteiger partial charge in [0.05, 0.1) is 0 Å². The minimum Gasteiger partial charge on any atom is -0.207 e. The molecule has 0 amide bonds. The third-order valence-electron chi connectivity index (χ3n) is 3.10. The van der Waals surface area contributed by atoms with Gasteiger partial charge in [-0.2, -0.15) is 4.31 Å². The summed E-state index contributed by atoms with van der Waals surface area (Å²) >= 11 is 3.34. The van der Waals surface area contributed by atoms with Crippen LogP contribution in [0.1, 0.15) is 5.56 Å². The van der Waals surface area contributed by atoms with Crippen molar-refractivity contribution in [2.75, 3.05) is 7.05 Å². The molecule has 0 atom stereocenters. The summed E-state index contributed by atoms with van der Waals surface area (Å²) in [4.78, 5) is 0.388. The van der Waals surface area contributed by atoms with Gasteiger partial charge in [-0.3, -0.25) is 0 Å². The maximum absolute atomic E-state index is 12.3. The largest absolute Gasteiger partial charge is 0.244 e. The van der Waals surface area contributed by atoms with E-state index in [4.69, 9.17) is 0 Å². The van der Waals surface area contributed by atoms with Crippen LogP contribution in [0, 0.1) is 0 Å². The van der Waals surface area contributed by atoms with Gasteiger partial charge in [-0.15, -0.1) is 0 Å². The van der Waals surface area contributed by atoms with Gasteiger partial charge in [-0.25, -0.2) is 8.42 Å². The van der Waals surface area contributed by atoms with E-state index in [-0.39, 0.29) is 0 Å². The number of nitrogens with zero attached hydrogens (tertiary/aromatic N) is 1. The summed E-state index contributed by atoms with van der Waals surface area (Å²) in [7, 11) is -1.76. The van der Waals surface area contributed by atoms with E-state index in [1.165, 1.54) is 4.31 Å². The molecule has 0 N–H and O–H groups in total. The summed E-state index contributed by atoms with van der Waals surface area (Å²) in [5.41, 5.74) is 1.05. The molecule has 0 spiro atoms. The zero-order valence-electron chi connectivity index (χ0n) is 9.14. The Morgan fingerprint density at radius 2 is 2.00 bits per heavy atom. The highest BCUT2D eigenvalue weighted by molar-refractivity contribution is 9.10. The molecular formula is C12H10BrNO2S. The van der Waals surface area contributed by atoms with Crippen LogP contribution >= 0.6 is 15.9 Å². The van der Waals surface area contributed by atoms with Gasteiger partial charge in [0.2, 0.25) is 10.0 Å². The maximum atomic E-state index is 12.3. The summed E-state index contributed by atoms with van der Waals surface area (Å²) in [6.07, 6.45) is 0. The van der Waals surface area contributed by atoms with Crippen molar-refractivity contribution in [3.8, 4) is 0 Å². The fourth-order valence-corrected chi connectivity index (χ4v) is 4.64. The molecule has 0 radical (unpaired) electrons. The van der Waals surface area contributed by atoms with Gasteiger partial charge in [-0.1, -0.05) is 24.3 Å². The molecule has 3 rings (SSSR count). The molecule has 1 aliphatic heterocycles. The van der Waals surface area contributed by atoms with E-state index < -0.39 is 10.0 Å². The smallest absolute Gasteiger partial charge is 0.207 e. The monoisotopic (exact) mass is 311 g/mol. The summed E-state index contributed by atoms with van der Waals surface area (Å²) in [6.45, 7) is 0.434. The van der Waals surface area contributed by atoms with Gasteiger partial charge in [0.15, 0.2) is 0 Å². The summed E-state index contributed by atoms with van der Waals surface area (Å²) in [6, 6.07) is 9.60. The Morgan fingerprint density at radius 1 is 1.24 bits per heavy atom. The number of benzene rings is 2. The maximum Gasteiger partial charge on any atom is 0.244 e. The number of hydrogen-bond acceptors (Lipinski definition) is 2. The molecule has 5 heteroatoms. The molecule has 0 saturated carbocycles. The molecule has 1 aliphatic rings. The van der Waals surface area contributed by atoms with Gasteiger partial charge < -0.3 is 0 Å². The van der Waals surface area contributed by atoms with Crippen LogP contribution in [0.4, 0.5) is 0 Å². The molecule has 2 aromatic carbocycles. The van der Waals surface area contributed by atoms with Crippen molar-refractivity contribution in [3.63, 3.8) is 0 Å². The summed E-state index contributed by atoms with van der Waals surface area (Å²) in [5, 5.41) is 1.82. The predicted molar refractivity (Wildman–Crippen MR) is 70.3 cm³/mol. The Kier molecular flexibility index (Phi) is 2.33. The van der Waals surface area contributed by atoms with Crippen molar-refractivity contribution in [2.24, 2.45) is 0 Å². The first-order valence-electron chi connectivity index (χ1n) is 5.18. The number of hydrogen-bond donors (Lipinski definition) is 0. The normalized spacial score (nSPS) is 18.5. The molecule has 17 heavy (non-hydrogen) atoms. The van der Waals surface area contributed by atoms with Crippen LogP contribution < -0.4 is 0 Å². The lowest BCUT2D eigenvalue weighted by Gasteiger charge is -2.26. The summed E-state index contributed by atoms with van der Waals surface area (Å²) in [5.74, 6) is 0. The van der Waals surface area contributed by atoms with Crippen LogP contribution in [0.2, 0.25) is 0 Å². The first kappa shape index (κ1) is 11.2. The fourth-order valence-electron chi connectivity index (χ4n) is 2.26. The van der Waals surface area contributed by atoms with E-state index in [1.54, 1.807) is 13.1 Å². The Labute approximate surface area is 108 Å². The van der Waals surface area contributed by atoms with E-state index in [0.717, 1.165) is 16.3 Å². The van der Waals surface area contributed by atoms with Crippen molar-refractivity contribution in [1.29, 1.82) is 0 Å². The molecule has 0 aromatic heterocycles. The lowest BCUT2D eigenvalue weighted by molar-refractivity contribution is 0.462. The zero-order chi connectivity index (χ0) is 12.2. The van der Waals surface area contributed by atoms with Gasteiger partial charge >= 0.3 is 0 Å². The van der Waals surface area contributed by atoms with Crippen molar-refractivity contribution >= 4 is 36.7 Å². The molecule has 2 aromatic rings. The number of halogens is 1. The van der Waals surface area contributed by atoms with Crippen molar-refractivity contribution in [3.05, 3.63) is 40.4 Å². The molecule has 0 bridgehead atoms. The third kappa shape index (κ3) is 1.46. The van der Waals surface area contributed by atoms with E-state index >= 15 is 0 Å². The Hall–Kier alpha value is -0.910. The topological polar surface area (TPSA) is 37.4 Å². The van der Waals surface area contributed by atoms with E-state index in [9.17, 15) is 8.42 Å². The first-order chi connectivity index (χ1) is 8.01. The SMILES string of the molecule is CN1Cc2cccc3ccc(Br)c(c23)S1(=O)=O. The van der Waals surface area contributed by atoms with Crippen LogP contribution in [0.5, 0.6) is 0 Å². The first-order valence-corrected chi connectivity index (χ1v) is 7.41. The van der Waals surface area contributed by atoms with Gasteiger partial charge in [0.1, 0.15) is 4.90 Å².